The van der Waals surface area contributed by atoms with Gasteiger partial charge in [-0.25, -0.2) is 0 Å². The summed E-state index contributed by atoms with van der Waals surface area (Å²) in [7, 11) is 1.74. The topological polar surface area (TPSA) is 29.5 Å². The average Bonchev–Trinajstić information content (AvgIpc) is 2.57. The van der Waals surface area contributed by atoms with Gasteiger partial charge in [0.15, 0.2) is 0 Å². The molecule has 0 atom stereocenters. The Labute approximate surface area is 151 Å². The average molecular weight is 365 g/mol. The largest absolute Gasteiger partial charge is 0.435 e. The van der Waals surface area contributed by atoms with Crippen molar-refractivity contribution in [2.75, 3.05) is 12.8 Å². The molecule has 0 aliphatic carbocycles. The van der Waals surface area contributed by atoms with Gasteiger partial charge in [-0.15, -0.1) is 11.8 Å². The number of amides is 1. The number of carbonyl (C=O) groups is 1. The molecule has 0 unspecified atom stereocenters. The highest BCUT2D eigenvalue weighted by molar-refractivity contribution is 7.99. The summed E-state index contributed by atoms with van der Waals surface area (Å²) in [6.07, 6.45) is 0. The van der Waals surface area contributed by atoms with Crippen LogP contribution in [0.1, 0.15) is 16.7 Å². The first-order chi connectivity index (χ1) is 12.0. The number of nitrogens with zero attached hydrogens (tertiary/aromatic N) is 1. The molecule has 3 nitrogen and oxygen atoms in total. The Hall–Kier alpha value is -2.08. The molecule has 0 bridgehead atoms. The molecule has 0 saturated carbocycles. The maximum atomic E-state index is 12.2. The van der Waals surface area contributed by atoms with Crippen LogP contribution in [0.25, 0.3) is 0 Å². The third kappa shape index (κ3) is 6.38. The van der Waals surface area contributed by atoms with Crippen molar-refractivity contribution in [3.8, 4) is 5.75 Å². The summed E-state index contributed by atoms with van der Waals surface area (Å²) < 4.78 is 28.6. The number of ether oxygens (including phenoxy) is 1. The van der Waals surface area contributed by atoms with Crippen LogP contribution in [0.2, 0.25) is 0 Å². The Balaban J connectivity index is 1.79. The first-order valence-corrected chi connectivity index (χ1v) is 9.01. The van der Waals surface area contributed by atoms with Crippen LogP contribution in [0, 0.1) is 6.92 Å². The number of carbonyl (C=O) groups excluding carboxylic acids is 1. The van der Waals surface area contributed by atoms with Crippen LogP contribution in [0.15, 0.2) is 48.5 Å². The summed E-state index contributed by atoms with van der Waals surface area (Å²) in [6, 6.07) is 14.5. The van der Waals surface area contributed by atoms with E-state index in [0.717, 1.165) is 11.3 Å². The quantitative estimate of drug-likeness (QED) is 0.690. The van der Waals surface area contributed by atoms with Crippen LogP contribution in [0.3, 0.4) is 0 Å². The second-order valence-electron chi connectivity index (χ2n) is 5.69. The fourth-order valence-electron chi connectivity index (χ4n) is 2.27. The summed E-state index contributed by atoms with van der Waals surface area (Å²) >= 11 is 1.58. The molecule has 0 aliphatic heterocycles. The van der Waals surface area contributed by atoms with Gasteiger partial charge in [-0.05, 0) is 35.7 Å². The monoisotopic (exact) mass is 365 g/mol. The molecule has 2 aromatic carbocycles. The van der Waals surface area contributed by atoms with Crippen LogP contribution in [-0.2, 0) is 17.1 Å². The van der Waals surface area contributed by atoms with Gasteiger partial charge < -0.3 is 9.64 Å². The first kappa shape index (κ1) is 19.2. The van der Waals surface area contributed by atoms with Crippen LogP contribution in [0.5, 0.6) is 5.75 Å². The van der Waals surface area contributed by atoms with E-state index in [2.05, 4.69) is 23.8 Å². The molecule has 6 heteroatoms. The van der Waals surface area contributed by atoms with Gasteiger partial charge in [-0.2, -0.15) is 8.78 Å². The van der Waals surface area contributed by atoms with Crippen molar-refractivity contribution in [3.05, 3.63) is 65.2 Å². The summed E-state index contributed by atoms with van der Waals surface area (Å²) in [5, 5.41) is 0. The molecule has 0 N–H and O–H groups in total. The van der Waals surface area contributed by atoms with Gasteiger partial charge >= 0.3 is 6.61 Å². The molecule has 134 valence electrons. The number of hydrogen-bond acceptors (Lipinski definition) is 3. The SMILES string of the molecule is Cc1ccccc1CSCC(=O)N(C)Cc1ccc(OC(F)F)cc1. The molecule has 2 aromatic rings. The summed E-state index contributed by atoms with van der Waals surface area (Å²) in [5.74, 6) is 1.34. The third-order valence-corrected chi connectivity index (χ3v) is 4.70. The smallest absolute Gasteiger partial charge is 0.387 e. The van der Waals surface area contributed by atoms with Crippen LogP contribution in [-0.4, -0.2) is 30.2 Å². The van der Waals surface area contributed by atoms with Crippen molar-refractivity contribution in [2.24, 2.45) is 0 Å². The zero-order valence-corrected chi connectivity index (χ0v) is 15.1. The molecule has 0 spiro atoms. The Morgan fingerprint density at radius 1 is 1.16 bits per heavy atom. The van der Waals surface area contributed by atoms with Crippen LogP contribution >= 0.6 is 11.8 Å². The molecule has 0 fully saturated rings. The zero-order valence-electron chi connectivity index (χ0n) is 14.2. The number of rotatable bonds is 8. The normalized spacial score (nSPS) is 10.8. The Morgan fingerprint density at radius 3 is 2.48 bits per heavy atom. The van der Waals surface area contributed by atoms with Gasteiger partial charge in [0.2, 0.25) is 5.91 Å². The molecule has 25 heavy (non-hydrogen) atoms. The number of aryl methyl sites for hydroxylation is 1. The number of halogens is 2. The van der Waals surface area contributed by atoms with Crippen molar-refractivity contribution in [1.29, 1.82) is 0 Å². The number of benzene rings is 2. The zero-order chi connectivity index (χ0) is 18.2. The molecule has 0 heterocycles. The molecule has 0 aromatic heterocycles. The highest BCUT2D eigenvalue weighted by atomic mass is 32.2. The number of thioether (sulfide) groups is 1. The minimum absolute atomic E-state index is 0.0338. The molecule has 2 rings (SSSR count). The van der Waals surface area contributed by atoms with Crippen molar-refractivity contribution in [2.45, 2.75) is 25.8 Å². The molecule has 1 amide bonds. The van der Waals surface area contributed by atoms with Crippen molar-refractivity contribution in [1.82, 2.24) is 4.90 Å². The van der Waals surface area contributed by atoms with E-state index in [0.29, 0.717) is 12.3 Å². The highest BCUT2D eigenvalue weighted by Gasteiger charge is 2.10. The predicted molar refractivity (Wildman–Crippen MR) is 96.9 cm³/mol. The van der Waals surface area contributed by atoms with Crippen molar-refractivity contribution in [3.63, 3.8) is 0 Å². The lowest BCUT2D eigenvalue weighted by Gasteiger charge is -2.17. The standard InChI is InChI=1S/C19H21F2NO2S/c1-14-5-3-4-6-16(14)12-25-13-18(23)22(2)11-15-7-9-17(10-8-15)24-19(20)21/h3-10,19H,11-13H2,1-2H3. The minimum atomic E-state index is -2.83. The van der Waals surface area contributed by atoms with Crippen molar-refractivity contribution >= 4 is 17.7 Å². The van der Waals surface area contributed by atoms with E-state index in [1.165, 1.54) is 23.3 Å². The second kappa shape index (κ2) is 9.42. The first-order valence-electron chi connectivity index (χ1n) is 7.85. The predicted octanol–water partition coefficient (Wildman–Crippen LogP) is 4.49. The van der Waals surface area contributed by atoms with E-state index < -0.39 is 6.61 Å². The Kier molecular flexibility index (Phi) is 7.25. The van der Waals surface area contributed by atoms with Gasteiger partial charge in [0, 0.05) is 19.3 Å². The van der Waals surface area contributed by atoms with E-state index in [1.54, 1.807) is 35.8 Å². The van der Waals surface area contributed by atoms with Crippen LogP contribution in [0.4, 0.5) is 8.78 Å². The van der Waals surface area contributed by atoms with Crippen molar-refractivity contribution < 1.29 is 18.3 Å². The second-order valence-corrected chi connectivity index (χ2v) is 6.68. The molecule has 0 radical (unpaired) electrons. The van der Waals surface area contributed by atoms with E-state index in [-0.39, 0.29) is 11.7 Å². The highest BCUT2D eigenvalue weighted by Crippen LogP contribution is 2.18. The van der Waals surface area contributed by atoms with Gasteiger partial charge in [0.05, 0.1) is 5.75 Å². The minimum Gasteiger partial charge on any atom is -0.435 e. The maximum Gasteiger partial charge on any atom is 0.387 e. The lowest BCUT2D eigenvalue weighted by atomic mass is 10.1. The molecule has 0 saturated heterocycles. The van der Waals surface area contributed by atoms with Gasteiger partial charge in [-0.1, -0.05) is 36.4 Å². The Morgan fingerprint density at radius 2 is 1.84 bits per heavy atom. The van der Waals surface area contributed by atoms with E-state index in [1.807, 2.05) is 12.1 Å². The molecular formula is C19H21F2NO2S. The van der Waals surface area contributed by atoms with Gasteiger partial charge in [0.1, 0.15) is 5.75 Å². The van der Waals surface area contributed by atoms with Crippen LogP contribution < -0.4 is 4.74 Å². The molecule has 0 aliphatic rings. The summed E-state index contributed by atoms with van der Waals surface area (Å²) in [6.45, 7) is -0.343. The third-order valence-electron chi connectivity index (χ3n) is 3.74. The lowest BCUT2D eigenvalue weighted by Crippen LogP contribution is -2.27. The Bertz CT molecular complexity index is 692. The summed E-state index contributed by atoms with van der Waals surface area (Å²) in [4.78, 5) is 13.8. The van der Waals surface area contributed by atoms with E-state index in [4.69, 9.17) is 0 Å². The van der Waals surface area contributed by atoms with E-state index >= 15 is 0 Å². The summed E-state index contributed by atoms with van der Waals surface area (Å²) in [5.41, 5.74) is 3.32. The number of hydrogen-bond donors (Lipinski definition) is 0. The fourth-order valence-corrected chi connectivity index (χ4v) is 3.31. The molecular weight excluding hydrogens is 344 g/mol. The maximum absolute atomic E-state index is 12.2. The fraction of sp³-hybridized carbons (Fsp3) is 0.316. The lowest BCUT2D eigenvalue weighted by molar-refractivity contribution is -0.127. The van der Waals surface area contributed by atoms with Gasteiger partial charge in [-0.3, -0.25) is 4.79 Å². The number of alkyl halides is 2. The van der Waals surface area contributed by atoms with Gasteiger partial charge in [0.25, 0.3) is 0 Å². The van der Waals surface area contributed by atoms with E-state index in [9.17, 15) is 13.6 Å².